The molecule has 34 heavy (non-hydrogen) atoms. The largest absolute Gasteiger partial charge is 0.508 e. The fraction of sp³-hybridized carbons (Fsp3) is 0.115. The summed E-state index contributed by atoms with van der Waals surface area (Å²) in [5.74, 6) is 0.727. The first-order chi connectivity index (χ1) is 16.6. The third-order valence-corrected chi connectivity index (χ3v) is 6.01. The van der Waals surface area contributed by atoms with Crippen molar-refractivity contribution >= 4 is 17.5 Å². The number of benzene rings is 3. The van der Waals surface area contributed by atoms with Crippen LogP contribution in [0.25, 0.3) is 11.1 Å². The summed E-state index contributed by atoms with van der Waals surface area (Å²) < 4.78 is 7.95. The molecule has 172 valence electrons. The molecule has 8 heteroatoms. The minimum absolute atomic E-state index is 0.0469. The average molecular weight is 474 g/mol. The van der Waals surface area contributed by atoms with E-state index in [1.807, 2.05) is 59.2 Å². The fourth-order valence-electron chi connectivity index (χ4n) is 3.40. The number of ether oxygens (including phenoxy) is 1. The zero-order valence-electron chi connectivity index (χ0n) is 18.3. The molecule has 0 saturated heterocycles. The van der Waals surface area contributed by atoms with Crippen molar-refractivity contribution in [2.75, 3.05) is 5.75 Å². The maximum atomic E-state index is 12.5. The van der Waals surface area contributed by atoms with Crippen LogP contribution in [0.5, 0.6) is 17.2 Å². The molecule has 0 saturated carbocycles. The number of hydrogen-bond acceptors (Lipinski definition) is 7. The summed E-state index contributed by atoms with van der Waals surface area (Å²) in [4.78, 5) is 12.5. The summed E-state index contributed by atoms with van der Waals surface area (Å²) in [6.45, 7) is 4.45. The Morgan fingerprint density at radius 3 is 2.56 bits per heavy atom. The van der Waals surface area contributed by atoms with E-state index < -0.39 is 0 Å². The number of phenolic OH excluding ortho intramolecular Hbond substituents is 2. The Morgan fingerprint density at radius 1 is 1.03 bits per heavy atom. The summed E-state index contributed by atoms with van der Waals surface area (Å²) in [6, 6.07) is 21.7. The van der Waals surface area contributed by atoms with Crippen LogP contribution in [0.4, 0.5) is 0 Å². The quantitative estimate of drug-likeness (QED) is 0.188. The molecule has 0 unspecified atom stereocenters. The predicted molar refractivity (Wildman–Crippen MR) is 131 cm³/mol. The first kappa shape index (κ1) is 23.1. The zero-order chi connectivity index (χ0) is 23.9. The Hall–Kier alpha value is -4.04. The van der Waals surface area contributed by atoms with Gasteiger partial charge in [-0.15, -0.1) is 16.8 Å². The second-order valence-electron chi connectivity index (χ2n) is 7.36. The summed E-state index contributed by atoms with van der Waals surface area (Å²) in [6.07, 6.45) is 1.72. The number of nitrogens with zero attached hydrogens (tertiary/aromatic N) is 3. The van der Waals surface area contributed by atoms with Crippen molar-refractivity contribution in [3.63, 3.8) is 0 Å². The highest BCUT2D eigenvalue weighted by Gasteiger charge is 2.17. The molecule has 0 radical (unpaired) electrons. The highest BCUT2D eigenvalue weighted by Crippen LogP contribution is 2.30. The lowest BCUT2D eigenvalue weighted by Gasteiger charge is -2.12. The van der Waals surface area contributed by atoms with Gasteiger partial charge in [-0.1, -0.05) is 66.4 Å². The van der Waals surface area contributed by atoms with Crippen molar-refractivity contribution in [1.82, 2.24) is 14.8 Å². The van der Waals surface area contributed by atoms with Gasteiger partial charge in [0.2, 0.25) is 0 Å². The molecule has 0 aliphatic carbocycles. The van der Waals surface area contributed by atoms with Gasteiger partial charge in [0, 0.05) is 18.2 Å². The molecule has 1 heterocycles. The summed E-state index contributed by atoms with van der Waals surface area (Å²) in [5.41, 5.74) is 2.17. The predicted octanol–water partition coefficient (Wildman–Crippen LogP) is 5.10. The second-order valence-corrected chi connectivity index (χ2v) is 8.30. The monoisotopic (exact) mass is 473 g/mol. The topological polar surface area (TPSA) is 97.5 Å². The number of para-hydroxylation sites is 1. The van der Waals surface area contributed by atoms with Gasteiger partial charge in [-0.2, -0.15) is 0 Å². The molecule has 2 N–H and O–H groups in total. The maximum Gasteiger partial charge on any atom is 0.192 e. The van der Waals surface area contributed by atoms with E-state index in [9.17, 15) is 15.0 Å². The molecule has 3 aromatic carbocycles. The minimum Gasteiger partial charge on any atom is -0.508 e. The molecule has 4 aromatic rings. The van der Waals surface area contributed by atoms with Gasteiger partial charge in [0.05, 0.1) is 11.3 Å². The summed E-state index contributed by atoms with van der Waals surface area (Å²) in [7, 11) is 0. The van der Waals surface area contributed by atoms with Gasteiger partial charge in [0.1, 0.15) is 23.9 Å². The molecule has 0 fully saturated rings. The Morgan fingerprint density at radius 2 is 1.79 bits per heavy atom. The van der Waals surface area contributed by atoms with Crippen LogP contribution in [0.15, 0.2) is 90.6 Å². The lowest BCUT2D eigenvalue weighted by atomic mass is 10.1. The number of allylic oxidation sites excluding steroid dienone is 1. The average Bonchev–Trinajstić information content (AvgIpc) is 3.23. The van der Waals surface area contributed by atoms with Gasteiger partial charge < -0.3 is 14.9 Å². The van der Waals surface area contributed by atoms with Crippen LogP contribution in [-0.4, -0.2) is 36.5 Å². The number of aromatic nitrogens is 3. The Bertz CT molecular complexity index is 1300. The van der Waals surface area contributed by atoms with Gasteiger partial charge in [-0.05, 0) is 23.8 Å². The third-order valence-electron chi connectivity index (χ3n) is 5.05. The van der Waals surface area contributed by atoms with E-state index in [1.165, 1.54) is 23.9 Å². The van der Waals surface area contributed by atoms with Crippen molar-refractivity contribution < 1.29 is 19.7 Å². The molecular formula is C26H23N3O4S. The van der Waals surface area contributed by atoms with Crippen molar-refractivity contribution in [3.05, 3.63) is 96.8 Å². The summed E-state index contributed by atoms with van der Waals surface area (Å²) >= 11 is 1.21. The molecule has 0 amide bonds. The van der Waals surface area contributed by atoms with E-state index in [4.69, 9.17) is 4.74 Å². The number of hydrogen-bond donors (Lipinski definition) is 2. The van der Waals surface area contributed by atoms with Crippen LogP contribution in [0.3, 0.4) is 0 Å². The molecule has 4 rings (SSSR count). The number of aromatic hydroxyl groups is 2. The second kappa shape index (κ2) is 10.7. The van der Waals surface area contributed by atoms with E-state index >= 15 is 0 Å². The highest BCUT2D eigenvalue weighted by molar-refractivity contribution is 7.99. The number of Topliss-reactive ketones (excluding diaryl/α,β-unsaturated/α-hetero) is 1. The first-order valence-corrected chi connectivity index (χ1v) is 11.5. The lowest BCUT2D eigenvalue weighted by Crippen LogP contribution is -2.09. The number of rotatable bonds is 10. The third kappa shape index (κ3) is 5.29. The highest BCUT2D eigenvalue weighted by atomic mass is 32.2. The molecule has 0 spiro atoms. The molecule has 1 aromatic heterocycles. The van der Waals surface area contributed by atoms with Crippen LogP contribution >= 0.6 is 11.8 Å². The van der Waals surface area contributed by atoms with Gasteiger partial charge >= 0.3 is 0 Å². The number of carbonyl (C=O) groups excluding carboxylic acids is 1. The van der Waals surface area contributed by atoms with Crippen molar-refractivity contribution in [2.24, 2.45) is 0 Å². The number of phenols is 2. The van der Waals surface area contributed by atoms with Crippen LogP contribution in [-0.2, 0) is 13.2 Å². The fourth-order valence-corrected chi connectivity index (χ4v) is 4.25. The van der Waals surface area contributed by atoms with Crippen molar-refractivity contribution in [3.8, 4) is 28.4 Å². The summed E-state index contributed by atoms with van der Waals surface area (Å²) in [5, 5.41) is 28.4. The standard InChI is InChI=1S/C26H23N3O4S/c1-2-14-29-25(16-33-24-11-7-6-10-20(24)18-8-4-3-5-9-18)27-28-26(29)34-17-23(32)21-13-12-19(30)15-22(21)31/h2-13,15,30-31H,1,14,16-17H2. The molecular weight excluding hydrogens is 450 g/mol. The van der Waals surface area contributed by atoms with Crippen molar-refractivity contribution in [2.45, 2.75) is 18.3 Å². The van der Waals surface area contributed by atoms with Crippen LogP contribution in [0.1, 0.15) is 16.2 Å². The van der Waals surface area contributed by atoms with Gasteiger partial charge in [0.15, 0.2) is 16.8 Å². The van der Waals surface area contributed by atoms with E-state index in [1.54, 1.807) is 6.08 Å². The van der Waals surface area contributed by atoms with Crippen LogP contribution in [0.2, 0.25) is 0 Å². The minimum atomic E-state index is -0.287. The Labute approximate surface area is 201 Å². The first-order valence-electron chi connectivity index (χ1n) is 10.5. The SMILES string of the molecule is C=CCn1c(COc2ccccc2-c2ccccc2)nnc1SCC(=O)c1ccc(O)cc1O. The molecule has 0 atom stereocenters. The molecule has 0 aliphatic rings. The van der Waals surface area contributed by atoms with E-state index in [2.05, 4.69) is 16.8 Å². The van der Waals surface area contributed by atoms with Crippen molar-refractivity contribution in [1.29, 1.82) is 0 Å². The van der Waals surface area contributed by atoms with Crippen LogP contribution in [0, 0.1) is 0 Å². The maximum absolute atomic E-state index is 12.5. The molecule has 7 nitrogen and oxygen atoms in total. The van der Waals surface area contributed by atoms with Gasteiger partial charge in [-0.3, -0.25) is 9.36 Å². The molecule has 0 aliphatic heterocycles. The lowest BCUT2D eigenvalue weighted by molar-refractivity contribution is 0.102. The van der Waals surface area contributed by atoms with E-state index in [0.29, 0.717) is 17.5 Å². The normalized spacial score (nSPS) is 10.7. The zero-order valence-corrected chi connectivity index (χ0v) is 19.1. The van der Waals surface area contributed by atoms with Gasteiger partial charge in [0.25, 0.3) is 0 Å². The van der Waals surface area contributed by atoms with Gasteiger partial charge in [-0.25, -0.2) is 0 Å². The van der Waals surface area contributed by atoms with Crippen LogP contribution < -0.4 is 4.74 Å². The number of ketones is 1. The Kier molecular flexibility index (Phi) is 7.29. The smallest absolute Gasteiger partial charge is 0.192 e. The Balaban J connectivity index is 1.48. The number of thioether (sulfide) groups is 1. The number of carbonyl (C=O) groups is 1. The van der Waals surface area contributed by atoms with E-state index in [0.717, 1.165) is 22.9 Å². The van der Waals surface area contributed by atoms with E-state index in [-0.39, 0.29) is 35.2 Å². The molecule has 0 bridgehead atoms.